The first-order valence-corrected chi connectivity index (χ1v) is 16.9. The molecule has 0 aromatic carbocycles. The van der Waals surface area contributed by atoms with Crippen LogP contribution in [0.1, 0.15) is 99.8 Å². The molecule has 6 rings (SSSR count). The molecule has 0 radical (unpaired) electrons. The van der Waals surface area contributed by atoms with E-state index in [-0.39, 0.29) is 41.3 Å². The highest BCUT2D eigenvalue weighted by Gasteiger charge is 2.70. The molecule has 8 heteroatoms. The fourth-order valence-corrected chi connectivity index (χ4v) is 11.9. The van der Waals surface area contributed by atoms with Crippen LogP contribution in [0.25, 0.3) is 0 Å². The molecule has 0 aromatic rings. The molecule has 15 atom stereocenters. The topological polar surface area (TPSA) is 140 Å². The van der Waals surface area contributed by atoms with E-state index in [0.717, 1.165) is 51.4 Å². The summed E-state index contributed by atoms with van der Waals surface area (Å²) in [5.74, 6) is 0.893. The molecular weight excluding hydrogens is 548 g/mol. The van der Waals surface area contributed by atoms with Gasteiger partial charge < -0.3 is 40.1 Å². The summed E-state index contributed by atoms with van der Waals surface area (Å²) in [5.41, 5.74) is 0.203. The summed E-state index contributed by atoms with van der Waals surface area (Å²) in [6, 6.07) is 0. The van der Waals surface area contributed by atoms with Crippen LogP contribution in [0, 0.1) is 50.2 Å². The number of allylic oxidation sites excluding steroid dienone is 2. The molecule has 4 saturated carbocycles. The summed E-state index contributed by atoms with van der Waals surface area (Å²) in [6.07, 6.45) is 2.98. The van der Waals surface area contributed by atoms with Crippen molar-refractivity contribution in [3.63, 3.8) is 0 Å². The van der Waals surface area contributed by atoms with Gasteiger partial charge in [0.2, 0.25) is 0 Å². The predicted molar refractivity (Wildman–Crippen MR) is 162 cm³/mol. The van der Waals surface area contributed by atoms with Crippen LogP contribution in [0.15, 0.2) is 11.6 Å². The standard InChI is InChI=1S/C35H58O8/c1-30(2)16-20-19-8-9-23-32(4)12-11-24(38)33(5,18-36)22(32)10-13-35(23,7)34(19,6)15-14-31(20,3)28(27(30)41)43-29-26(40)25(39)21(37)17-42-29/h8,20-29,36-41H,9-18H2,1-7H3/t20-,21+,22+,23+,24-,25-,26+,27-,28+,29+,31+,32-,33+,34+,35+/m0/s1. The summed E-state index contributed by atoms with van der Waals surface area (Å²) in [7, 11) is 0. The molecule has 5 aliphatic carbocycles. The van der Waals surface area contributed by atoms with Crippen molar-refractivity contribution >= 4 is 0 Å². The molecular formula is C35H58O8. The summed E-state index contributed by atoms with van der Waals surface area (Å²) in [6.45, 7) is 15.8. The van der Waals surface area contributed by atoms with Crippen LogP contribution in [0.5, 0.6) is 0 Å². The van der Waals surface area contributed by atoms with Crippen molar-refractivity contribution < 1.29 is 40.1 Å². The quantitative estimate of drug-likeness (QED) is 0.268. The Morgan fingerprint density at radius 1 is 0.837 bits per heavy atom. The molecule has 1 aliphatic heterocycles. The number of hydrogen-bond donors (Lipinski definition) is 6. The number of rotatable bonds is 3. The molecule has 43 heavy (non-hydrogen) atoms. The maximum absolute atomic E-state index is 11.8. The molecule has 1 saturated heterocycles. The van der Waals surface area contributed by atoms with Crippen molar-refractivity contribution in [3.05, 3.63) is 11.6 Å². The van der Waals surface area contributed by atoms with Crippen LogP contribution < -0.4 is 0 Å². The van der Waals surface area contributed by atoms with E-state index in [9.17, 15) is 30.6 Å². The largest absolute Gasteiger partial charge is 0.396 e. The summed E-state index contributed by atoms with van der Waals surface area (Å²) >= 11 is 0. The summed E-state index contributed by atoms with van der Waals surface area (Å²) in [4.78, 5) is 0. The van der Waals surface area contributed by atoms with Gasteiger partial charge in [0.1, 0.15) is 18.3 Å². The summed E-state index contributed by atoms with van der Waals surface area (Å²) in [5, 5.41) is 64.4. The highest BCUT2D eigenvalue weighted by atomic mass is 16.7. The van der Waals surface area contributed by atoms with Gasteiger partial charge >= 0.3 is 0 Å². The minimum atomic E-state index is -1.40. The van der Waals surface area contributed by atoms with Crippen molar-refractivity contribution in [2.75, 3.05) is 13.2 Å². The van der Waals surface area contributed by atoms with E-state index in [0.29, 0.717) is 5.92 Å². The van der Waals surface area contributed by atoms with E-state index in [2.05, 4.69) is 54.5 Å². The van der Waals surface area contributed by atoms with Crippen LogP contribution in [0.3, 0.4) is 0 Å². The van der Waals surface area contributed by atoms with Crippen LogP contribution in [-0.4, -0.2) is 86.8 Å². The molecule has 8 nitrogen and oxygen atoms in total. The highest BCUT2D eigenvalue weighted by Crippen LogP contribution is 2.75. The first-order chi connectivity index (χ1) is 19.9. The zero-order valence-electron chi connectivity index (χ0n) is 27.4. The normalized spacial score (nSPS) is 57.9. The minimum absolute atomic E-state index is 0.0187. The maximum Gasteiger partial charge on any atom is 0.186 e. The molecule has 0 bridgehead atoms. The van der Waals surface area contributed by atoms with E-state index in [1.54, 1.807) is 0 Å². The number of ether oxygens (including phenoxy) is 2. The first-order valence-electron chi connectivity index (χ1n) is 16.9. The number of hydrogen-bond acceptors (Lipinski definition) is 8. The smallest absolute Gasteiger partial charge is 0.186 e. The van der Waals surface area contributed by atoms with E-state index >= 15 is 0 Å². The Hall–Kier alpha value is -0.580. The zero-order valence-corrected chi connectivity index (χ0v) is 27.4. The monoisotopic (exact) mass is 606 g/mol. The van der Waals surface area contributed by atoms with E-state index in [1.165, 1.54) is 5.57 Å². The first kappa shape index (κ1) is 32.4. The molecule has 6 N–H and O–H groups in total. The molecule has 0 spiro atoms. The fraction of sp³-hybridized carbons (Fsp3) is 0.943. The summed E-state index contributed by atoms with van der Waals surface area (Å²) < 4.78 is 12.2. The van der Waals surface area contributed by atoms with Crippen molar-refractivity contribution in [3.8, 4) is 0 Å². The zero-order chi connectivity index (χ0) is 31.5. The van der Waals surface area contributed by atoms with Gasteiger partial charge in [-0.1, -0.05) is 60.1 Å². The average Bonchev–Trinajstić information content (AvgIpc) is 2.95. The van der Waals surface area contributed by atoms with Gasteiger partial charge in [-0.15, -0.1) is 0 Å². The lowest BCUT2D eigenvalue weighted by Crippen LogP contribution is -2.68. The molecule has 0 unspecified atom stereocenters. The molecule has 6 aliphatic rings. The SMILES string of the molecule is CC1(C)C[C@H]2C3=CC[C@@H]4[C@@]5(C)CC[C@H](O)[C@](C)(CO)[C@@H]5CC[C@@]4(C)[C@]3(C)CC[C@@]2(C)[C@H](O[C@H]2OC[C@@H](O)[C@H](O)[C@H]2O)[C@@H]1O. The van der Waals surface area contributed by atoms with Gasteiger partial charge in [-0.05, 0) is 90.8 Å². The van der Waals surface area contributed by atoms with Gasteiger partial charge in [0.15, 0.2) is 6.29 Å². The lowest BCUT2D eigenvalue weighted by Gasteiger charge is -2.72. The lowest BCUT2D eigenvalue weighted by atomic mass is 9.33. The third-order valence-electron chi connectivity index (χ3n) is 15.2. The van der Waals surface area contributed by atoms with Gasteiger partial charge in [-0.3, -0.25) is 0 Å². The number of aliphatic hydroxyl groups is 6. The van der Waals surface area contributed by atoms with Gasteiger partial charge in [0.25, 0.3) is 0 Å². The van der Waals surface area contributed by atoms with Crippen molar-refractivity contribution in [1.29, 1.82) is 0 Å². The van der Waals surface area contributed by atoms with Crippen LogP contribution in [0.4, 0.5) is 0 Å². The Morgan fingerprint density at radius 3 is 2.21 bits per heavy atom. The van der Waals surface area contributed by atoms with Gasteiger partial charge in [-0.25, -0.2) is 0 Å². The second-order valence-electron chi connectivity index (χ2n) is 17.5. The maximum atomic E-state index is 11.8. The van der Waals surface area contributed by atoms with Crippen molar-refractivity contribution in [2.24, 2.45) is 50.2 Å². The second-order valence-corrected chi connectivity index (χ2v) is 17.5. The Labute approximate surface area is 257 Å². The second kappa shape index (κ2) is 10.2. The van der Waals surface area contributed by atoms with E-state index in [1.807, 2.05) is 0 Å². The Kier molecular flexibility index (Phi) is 7.68. The van der Waals surface area contributed by atoms with Gasteiger partial charge in [0, 0.05) is 10.8 Å². The minimum Gasteiger partial charge on any atom is -0.396 e. The van der Waals surface area contributed by atoms with E-state index < -0.39 is 59.2 Å². The van der Waals surface area contributed by atoms with Gasteiger partial charge in [0.05, 0.1) is 31.5 Å². The number of aliphatic hydroxyl groups excluding tert-OH is 6. The Balaban J connectivity index is 1.36. The highest BCUT2D eigenvalue weighted by molar-refractivity contribution is 5.34. The van der Waals surface area contributed by atoms with Crippen LogP contribution >= 0.6 is 0 Å². The molecule has 0 amide bonds. The van der Waals surface area contributed by atoms with Crippen LogP contribution in [-0.2, 0) is 9.47 Å². The molecule has 5 fully saturated rings. The Morgan fingerprint density at radius 2 is 1.53 bits per heavy atom. The molecule has 246 valence electrons. The molecule has 0 aromatic heterocycles. The van der Waals surface area contributed by atoms with Crippen molar-refractivity contribution in [1.82, 2.24) is 0 Å². The molecule has 1 heterocycles. The van der Waals surface area contributed by atoms with E-state index in [4.69, 9.17) is 9.47 Å². The van der Waals surface area contributed by atoms with Gasteiger partial charge in [-0.2, -0.15) is 0 Å². The predicted octanol–water partition coefficient (Wildman–Crippen LogP) is 3.55. The third kappa shape index (κ3) is 4.23. The third-order valence-corrected chi connectivity index (χ3v) is 15.2. The fourth-order valence-electron chi connectivity index (χ4n) is 11.9. The van der Waals surface area contributed by atoms with Crippen molar-refractivity contribution in [2.45, 2.75) is 143 Å². The average molecular weight is 607 g/mol. The number of fused-ring (bicyclic) bond motifs is 7. The van der Waals surface area contributed by atoms with Crippen LogP contribution in [0.2, 0.25) is 0 Å². The Bertz CT molecular complexity index is 1130. The lowest BCUT2D eigenvalue weighted by molar-refractivity contribution is -0.321.